The van der Waals surface area contributed by atoms with E-state index in [1.807, 2.05) is 5.32 Å². The standard InChI is InChI=1S/C12H11F4NO/c1-17-10(12(15,16)11(13)14)7-9(18)8-5-3-2-4-6-8/h2-7,11,17H,1H3/b10-7-. The third-order valence-corrected chi connectivity index (χ3v) is 2.24. The molecule has 0 bridgehead atoms. The second-order valence-electron chi connectivity index (χ2n) is 3.46. The van der Waals surface area contributed by atoms with Gasteiger partial charge in [-0.05, 0) is 0 Å². The van der Waals surface area contributed by atoms with E-state index in [0.717, 1.165) is 7.05 Å². The lowest BCUT2D eigenvalue weighted by molar-refractivity contribution is -0.103. The molecule has 2 nitrogen and oxygen atoms in total. The average Bonchev–Trinajstić information content (AvgIpc) is 2.36. The lowest BCUT2D eigenvalue weighted by Gasteiger charge is -2.18. The third-order valence-electron chi connectivity index (χ3n) is 2.24. The Balaban J connectivity index is 3.03. The first-order chi connectivity index (χ1) is 8.39. The van der Waals surface area contributed by atoms with Crippen LogP contribution in [0.4, 0.5) is 17.6 Å². The number of allylic oxidation sites excluding steroid dienone is 2. The van der Waals surface area contributed by atoms with E-state index in [-0.39, 0.29) is 5.56 Å². The molecule has 1 aromatic rings. The molecule has 1 aromatic carbocycles. The summed E-state index contributed by atoms with van der Waals surface area (Å²) in [6, 6.07) is 7.56. The fourth-order valence-corrected chi connectivity index (χ4v) is 1.27. The lowest BCUT2D eigenvalue weighted by atomic mass is 10.1. The number of carbonyl (C=O) groups is 1. The number of hydrogen-bond donors (Lipinski definition) is 1. The van der Waals surface area contributed by atoms with Gasteiger partial charge in [-0.25, -0.2) is 8.78 Å². The summed E-state index contributed by atoms with van der Waals surface area (Å²) in [5, 5.41) is 1.93. The zero-order valence-electron chi connectivity index (χ0n) is 9.46. The quantitative estimate of drug-likeness (QED) is 0.501. The van der Waals surface area contributed by atoms with E-state index < -0.39 is 23.8 Å². The van der Waals surface area contributed by atoms with Gasteiger partial charge in [-0.1, -0.05) is 30.3 Å². The summed E-state index contributed by atoms with van der Waals surface area (Å²) >= 11 is 0. The number of halogens is 4. The van der Waals surface area contributed by atoms with Crippen LogP contribution in [0.1, 0.15) is 10.4 Å². The summed E-state index contributed by atoms with van der Waals surface area (Å²) in [4.78, 5) is 11.6. The minimum Gasteiger partial charge on any atom is -0.386 e. The van der Waals surface area contributed by atoms with Crippen LogP contribution in [-0.4, -0.2) is 25.2 Å². The van der Waals surface area contributed by atoms with Crippen molar-refractivity contribution >= 4 is 5.78 Å². The molecule has 0 aliphatic heterocycles. The predicted octanol–water partition coefficient (Wildman–Crippen LogP) is 2.87. The largest absolute Gasteiger partial charge is 0.386 e. The normalized spacial score (nSPS) is 12.7. The molecule has 98 valence electrons. The van der Waals surface area contributed by atoms with E-state index in [0.29, 0.717) is 6.08 Å². The van der Waals surface area contributed by atoms with Gasteiger partial charge in [0.2, 0.25) is 0 Å². The summed E-state index contributed by atoms with van der Waals surface area (Å²) in [6.45, 7) is 0. The van der Waals surface area contributed by atoms with Gasteiger partial charge in [0.25, 0.3) is 0 Å². The molecule has 1 N–H and O–H groups in total. The van der Waals surface area contributed by atoms with E-state index in [9.17, 15) is 22.4 Å². The topological polar surface area (TPSA) is 29.1 Å². The van der Waals surface area contributed by atoms with Crippen LogP contribution < -0.4 is 5.32 Å². The van der Waals surface area contributed by atoms with Crippen molar-refractivity contribution in [2.75, 3.05) is 7.05 Å². The van der Waals surface area contributed by atoms with Gasteiger partial charge < -0.3 is 5.32 Å². The Labute approximate surface area is 101 Å². The second kappa shape index (κ2) is 5.66. The zero-order valence-corrected chi connectivity index (χ0v) is 9.46. The Hall–Kier alpha value is -1.85. The van der Waals surface area contributed by atoms with Gasteiger partial charge in [-0.2, -0.15) is 8.78 Å². The first-order valence-electron chi connectivity index (χ1n) is 5.05. The summed E-state index contributed by atoms with van der Waals surface area (Å²) in [6.07, 6.45) is -3.39. The maximum absolute atomic E-state index is 13.1. The van der Waals surface area contributed by atoms with Crippen molar-refractivity contribution in [3.05, 3.63) is 47.7 Å². The maximum atomic E-state index is 13.1. The number of carbonyl (C=O) groups excluding carboxylic acids is 1. The number of ketones is 1. The van der Waals surface area contributed by atoms with Crippen LogP contribution in [-0.2, 0) is 0 Å². The van der Waals surface area contributed by atoms with Crippen LogP contribution in [0.25, 0.3) is 0 Å². The highest BCUT2D eigenvalue weighted by atomic mass is 19.3. The minimum absolute atomic E-state index is 0.148. The van der Waals surface area contributed by atoms with Gasteiger partial charge in [0, 0.05) is 18.7 Å². The Morgan fingerprint density at radius 2 is 1.83 bits per heavy atom. The van der Waals surface area contributed by atoms with Gasteiger partial charge in [0.15, 0.2) is 5.78 Å². The summed E-state index contributed by atoms with van der Waals surface area (Å²) in [5.74, 6) is -5.14. The van der Waals surface area contributed by atoms with E-state index in [1.165, 1.54) is 12.1 Å². The molecule has 0 aromatic heterocycles. The lowest BCUT2D eigenvalue weighted by Crippen LogP contribution is -2.35. The highest BCUT2D eigenvalue weighted by Gasteiger charge is 2.44. The molecule has 1 rings (SSSR count). The molecule has 0 spiro atoms. The van der Waals surface area contributed by atoms with Crippen molar-refractivity contribution in [2.45, 2.75) is 12.3 Å². The first-order valence-corrected chi connectivity index (χ1v) is 5.05. The van der Waals surface area contributed by atoms with Crippen LogP contribution in [0.2, 0.25) is 0 Å². The fraction of sp³-hybridized carbons (Fsp3) is 0.250. The molecule has 0 aliphatic carbocycles. The van der Waals surface area contributed by atoms with Crippen molar-refractivity contribution in [1.82, 2.24) is 5.32 Å². The first kappa shape index (κ1) is 14.2. The summed E-state index contributed by atoms with van der Waals surface area (Å²) in [5.41, 5.74) is -0.957. The van der Waals surface area contributed by atoms with Gasteiger partial charge in [0.05, 0.1) is 5.70 Å². The van der Waals surface area contributed by atoms with Crippen LogP contribution in [0.15, 0.2) is 42.1 Å². The molecule has 18 heavy (non-hydrogen) atoms. The maximum Gasteiger partial charge on any atom is 0.346 e. The van der Waals surface area contributed by atoms with E-state index >= 15 is 0 Å². The molecule has 0 atom stereocenters. The predicted molar refractivity (Wildman–Crippen MR) is 58.9 cm³/mol. The van der Waals surface area contributed by atoms with Gasteiger partial charge in [-0.15, -0.1) is 0 Å². The van der Waals surface area contributed by atoms with Gasteiger partial charge >= 0.3 is 12.3 Å². The smallest absolute Gasteiger partial charge is 0.346 e. The van der Waals surface area contributed by atoms with E-state index in [4.69, 9.17) is 0 Å². The second-order valence-corrected chi connectivity index (χ2v) is 3.46. The molecule has 0 radical (unpaired) electrons. The Kier molecular flexibility index (Phi) is 4.47. The molecule has 0 aliphatic rings. The molecule has 0 amide bonds. The van der Waals surface area contributed by atoms with Crippen molar-refractivity contribution in [3.63, 3.8) is 0 Å². The summed E-state index contributed by atoms with van der Waals surface area (Å²) < 4.78 is 50.4. The molecule has 0 saturated heterocycles. The van der Waals surface area contributed by atoms with Crippen LogP contribution in [0, 0.1) is 0 Å². The molecule has 0 heterocycles. The Morgan fingerprint density at radius 3 is 2.28 bits per heavy atom. The fourth-order valence-electron chi connectivity index (χ4n) is 1.27. The molecule has 6 heteroatoms. The Bertz CT molecular complexity index is 443. The number of hydrogen-bond acceptors (Lipinski definition) is 2. The molecular formula is C12H11F4NO. The van der Waals surface area contributed by atoms with Crippen molar-refractivity contribution in [2.24, 2.45) is 0 Å². The van der Waals surface area contributed by atoms with E-state index in [1.54, 1.807) is 18.2 Å². The number of rotatable bonds is 5. The van der Waals surface area contributed by atoms with Crippen molar-refractivity contribution in [1.29, 1.82) is 0 Å². The number of nitrogens with one attached hydrogen (secondary N) is 1. The van der Waals surface area contributed by atoms with Gasteiger partial charge in [0.1, 0.15) is 0 Å². The number of alkyl halides is 4. The third kappa shape index (κ3) is 3.09. The monoisotopic (exact) mass is 261 g/mol. The van der Waals surface area contributed by atoms with Crippen LogP contribution in [0.3, 0.4) is 0 Å². The molecule has 0 fully saturated rings. The van der Waals surface area contributed by atoms with Crippen molar-refractivity contribution in [3.8, 4) is 0 Å². The number of benzene rings is 1. The van der Waals surface area contributed by atoms with Gasteiger partial charge in [-0.3, -0.25) is 4.79 Å². The molecule has 0 saturated carbocycles. The van der Waals surface area contributed by atoms with Crippen molar-refractivity contribution < 1.29 is 22.4 Å². The van der Waals surface area contributed by atoms with Crippen LogP contribution >= 0.6 is 0 Å². The average molecular weight is 261 g/mol. The highest BCUT2D eigenvalue weighted by Crippen LogP contribution is 2.29. The Morgan fingerprint density at radius 1 is 1.28 bits per heavy atom. The minimum atomic E-state index is -4.38. The zero-order chi connectivity index (χ0) is 13.8. The SMILES string of the molecule is CN/C(=C\C(=O)c1ccccc1)C(F)(F)C(F)F. The molecule has 0 unspecified atom stereocenters. The summed E-state index contributed by atoms with van der Waals surface area (Å²) in [7, 11) is 1.06. The molecular weight excluding hydrogens is 250 g/mol. The van der Waals surface area contributed by atoms with Crippen LogP contribution in [0.5, 0.6) is 0 Å². The van der Waals surface area contributed by atoms with E-state index in [2.05, 4.69) is 0 Å². The highest BCUT2D eigenvalue weighted by molar-refractivity contribution is 6.04.